The second-order valence-electron chi connectivity index (χ2n) is 4.28. The van der Waals surface area contributed by atoms with Crippen LogP contribution in [0, 0.1) is 0 Å². The molecule has 2 rings (SSSR count). The highest BCUT2D eigenvalue weighted by molar-refractivity contribution is 5.86. The predicted octanol–water partition coefficient (Wildman–Crippen LogP) is 1.61. The van der Waals surface area contributed by atoms with Gasteiger partial charge in [0.1, 0.15) is 6.04 Å². The summed E-state index contributed by atoms with van der Waals surface area (Å²) >= 11 is 0. The van der Waals surface area contributed by atoms with E-state index in [1.165, 1.54) is 14.2 Å². The van der Waals surface area contributed by atoms with E-state index in [4.69, 9.17) is 4.74 Å². The van der Waals surface area contributed by atoms with E-state index in [0.717, 1.165) is 16.5 Å². The van der Waals surface area contributed by atoms with Gasteiger partial charge in [0.2, 0.25) is 0 Å². The second kappa shape index (κ2) is 6.10. The zero-order chi connectivity index (χ0) is 14.5. The van der Waals surface area contributed by atoms with Crippen molar-refractivity contribution in [3.05, 3.63) is 36.0 Å². The summed E-state index contributed by atoms with van der Waals surface area (Å²) in [6.07, 6.45) is 1.48. The standard InChI is InChI=1S/C14H16N2O4/c1-19-13(17)12(16-14(18)20-2)7-9-8-15-11-6-4-3-5-10(9)11/h3-6,8,12,15H,7H2,1-2H3,(H,16,18)/t12-/m1/s1. The van der Waals surface area contributed by atoms with Crippen LogP contribution in [-0.2, 0) is 20.7 Å². The van der Waals surface area contributed by atoms with Gasteiger partial charge in [0.25, 0.3) is 0 Å². The first-order valence-corrected chi connectivity index (χ1v) is 6.13. The summed E-state index contributed by atoms with van der Waals surface area (Å²) in [4.78, 5) is 26.1. The maximum absolute atomic E-state index is 11.7. The molecule has 0 bridgehead atoms. The molecule has 0 saturated carbocycles. The molecule has 2 aromatic rings. The minimum absolute atomic E-state index is 0.325. The molecule has 0 saturated heterocycles. The Kier molecular flexibility index (Phi) is 4.24. The Balaban J connectivity index is 2.22. The highest BCUT2D eigenvalue weighted by atomic mass is 16.5. The third-order valence-electron chi connectivity index (χ3n) is 3.06. The normalized spacial score (nSPS) is 11.9. The van der Waals surface area contributed by atoms with Crippen LogP contribution in [0.4, 0.5) is 4.79 Å². The number of rotatable bonds is 4. The van der Waals surface area contributed by atoms with Gasteiger partial charge in [-0.15, -0.1) is 0 Å². The zero-order valence-corrected chi connectivity index (χ0v) is 11.3. The van der Waals surface area contributed by atoms with Crippen LogP contribution in [0.5, 0.6) is 0 Å². The van der Waals surface area contributed by atoms with Gasteiger partial charge in [-0.05, 0) is 11.6 Å². The molecule has 1 aromatic heterocycles. The first-order valence-electron chi connectivity index (χ1n) is 6.13. The van der Waals surface area contributed by atoms with Crippen molar-refractivity contribution in [3.63, 3.8) is 0 Å². The number of methoxy groups -OCH3 is 2. The number of carbonyl (C=O) groups is 2. The number of H-pyrrole nitrogens is 1. The average Bonchev–Trinajstić information content (AvgIpc) is 2.89. The topological polar surface area (TPSA) is 80.4 Å². The Morgan fingerprint density at radius 2 is 2.00 bits per heavy atom. The molecule has 1 atom stereocenters. The highest BCUT2D eigenvalue weighted by Crippen LogP contribution is 2.19. The van der Waals surface area contributed by atoms with Crippen LogP contribution in [0.25, 0.3) is 10.9 Å². The summed E-state index contributed by atoms with van der Waals surface area (Å²) in [6.45, 7) is 0. The number of aromatic amines is 1. The molecule has 2 N–H and O–H groups in total. The second-order valence-corrected chi connectivity index (χ2v) is 4.28. The van der Waals surface area contributed by atoms with Crippen LogP contribution in [-0.4, -0.2) is 37.3 Å². The minimum Gasteiger partial charge on any atom is -0.467 e. The van der Waals surface area contributed by atoms with Crippen LogP contribution >= 0.6 is 0 Å². The summed E-state index contributed by atoms with van der Waals surface area (Å²) in [6, 6.07) is 6.95. The first-order chi connectivity index (χ1) is 9.65. The van der Waals surface area contributed by atoms with E-state index in [1.54, 1.807) is 0 Å². The molecule has 0 aliphatic carbocycles. The molecule has 0 radical (unpaired) electrons. The molecule has 0 fully saturated rings. The number of nitrogens with one attached hydrogen (secondary N) is 2. The fourth-order valence-corrected chi connectivity index (χ4v) is 2.06. The molecule has 1 heterocycles. The quantitative estimate of drug-likeness (QED) is 0.831. The van der Waals surface area contributed by atoms with Crippen LogP contribution in [0.15, 0.2) is 30.5 Å². The highest BCUT2D eigenvalue weighted by Gasteiger charge is 2.23. The number of alkyl carbamates (subject to hydrolysis) is 1. The van der Waals surface area contributed by atoms with E-state index in [-0.39, 0.29) is 0 Å². The molecule has 0 spiro atoms. The van der Waals surface area contributed by atoms with Crippen molar-refractivity contribution in [1.29, 1.82) is 0 Å². The number of esters is 1. The average molecular weight is 276 g/mol. The van der Waals surface area contributed by atoms with Crippen molar-refractivity contribution < 1.29 is 19.1 Å². The molecule has 20 heavy (non-hydrogen) atoms. The van der Waals surface area contributed by atoms with Gasteiger partial charge in [-0.25, -0.2) is 9.59 Å². The predicted molar refractivity (Wildman–Crippen MR) is 73.3 cm³/mol. The molecule has 0 aliphatic heterocycles. The molecular weight excluding hydrogens is 260 g/mol. The Labute approximate surface area is 116 Å². The van der Waals surface area contributed by atoms with Crippen molar-refractivity contribution in [2.45, 2.75) is 12.5 Å². The van der Waals surface area contributed by atoms with E-state index in [0.29, 0.717) is 6.42 Å². The number of fused-ring (bicyclic) bond motifs is 1. The zero-order valence-electron chi connectivity index (χ0n) is 11.3. The number of carbonyl (C=O) groups excluding carboxylic acids is 2. The Morgan fingerprint density at radius 3 is 2.70 bits per heavy atom. The molecular formula is C14H16N2O4. The smallest absolute Gasteiger partial charge is 0.407 e. The van der Waals surface area contributed by atoms with Crippen molar-refractivity contribution >= 4 is 23.0 Å². The number of para-hydroxylation sites is 1. The molecule has 106 valence electrons. The van der Waals surface area contributed by atoms with Gasteiger partial charge in [0, 0.05) is 23.5 Å². The van der Waals surface area contributed by atoms with Gasteiger partial charge in [-0.1, -0.05) is 18.2 Å². The van der Waals surface area contributed by atoms with E-state index in [9.17, 15) is 9.59 Å². The lowest BCUT2D eigenvalue weighted by Gasteiger charge is -2.15. The molecule has 6 nitrogen and oxygen atoms in total. The number of hydrogen-bond donors (Lipinski definition) is 2. The number of benzene rings is 1. The van der Waals surface area contributed by atoms with Crippen LogP contribution in [0.3, 0.4) is 0 Å². The monoisotopic (exact) mass is 276 g/mol. The molecule has 0 aliphatic rings. The molecule has 0 unspecified atom stereocenters. The van der Waals surface area contributed by atoms with Crippen LogP contribution in [0.1, 0.15) is 5.56 Å². The van der Waals surface area contributed by atoms with E-state index < -0.39 is 18.1 Å². The number of hydrogen-bond acceptors (Lipinski definition) is 4. The first kappa shape index (κ1) is 13.9. The maximum atomic E-state index is 11.7. The van der Waals surface area contributed by atoms with Crippen LogP contribution in [0.2, 0.25) is 0 Å². The van der Waals surface area contributed by atoms with Gasteiger partial charge in [0.05, 0.1) is 14.2 Å². The van der Waals surface area contributed by atoms with Crippen molar-refractivity contribution in [2.24, 2.45) is 0 Å². The number of amides is 1. The van der Waals surface area contributed by atoms with E-state index in [1.807, 2.05) is 30.5 Å². The summed E-state index contributed by atoms with van der Waals surface area (Å²) in [7, 11) is 2.53. The maximum Gasteiger partial charge on any atom is 0.407 e. The summed E-state index contributed by atoms with van der Waals surface area (Å²) < 4.78 is 9.22. The van der Waals surface area contributed by atoms with Crippen molar-refractivity contribution in [2.75, 3.05) is 14.2 Å². The van der Waals surface area contributed by atoms with Gasteiger partial charge >= 0.3 is 12.1 Å². The Morgan fingerprint density at radius 1 is 1.25 bits per heavy atom. The summed E-state index contributed by atoms with van der Waals surface area (Å²) in [5, 5.41) is 3.48. The molecule has 1 amide bonds. The van der Waals surface area contributed by atoms with Crippen molar-refractivity contribution in [1.82, 2.24) is 10.3 Å². The Bertz CT molecular complexity index is 620. The van der Waals surface area contributed by atoms with Gasteiger partial charge < -0.3 is 19.8 Å². The number of ether oxygens (including phenoxy) is 2. The lowest BCUT2D eigenvalue weighted by Crippen LogP contribution is -2.42. The fraction of sp³-hybridized carbons (Fsp3) is 0.286. The lowest BCUT2D eigenvalue weighted by molar-refractivity contribution is -0.142. The third kappa shape index (κ3) is 2.90. The largest absolute Gasteiger partial charge is 0.467 e. The lowest BCUT2D eigenvalue weighted by atomic mass is 10.1. The molecule has 1 aromatic carbocycles. The van der Waals surface area contributed by atoms with Gasteiger partial charge in [0.15, 0.2) is 0 Å². The third-order valence-corrected chi connectivity index (χ3v) is 3.06. The van der Waals surface area contributed by atoms with E-state index >= 15 is 0 Å². The fourth-order valence-electron chi connectivity index (χ4n) is 2.06. The summed E-state index contributed by atoms with van der Waals surface area (Å²) in [5.74, 6) is -0.513. The van der Waals surface area contributed by atoms with Gasteiger partial charge in [-0.3, -0.25) is 0 Å². The van der Waals surface area contributed by atoms with Gasteiger partial charge in [-0.2, -0.15) is 0 Å². The summed E-state index contributed by atoms with van der Waals surface area (Å²) in [5.41, 5.74) is 1.90. The van der Waals surface area contributed by atoms with E-state index in [2.05, 4.69) is 15.0 Å². The van der Waals surface area contributed by atoms with Crippen LogP contribution < -0.4 is 5.32 Å². The Hall–Kier alpha value is -2.50. The molecule has 6 heteroatoms. The minimum atomic E-state index is -0.786. The van der Waals surface area contributed by atoms with Crippen molar-refractivity contribution in [3.8, 4) is 0 Å². The SMILES string of the molecule is COC(=O)N[C@H](Cc1c[nH]c2ccccc12)C(=O)OC. The number of aromatic nitrogens is 1.